The van der Waals surface area contributed by atoms with Crippen molar-refractivity contribution in [2.75, 3.05) is 6.61 Å². The zero-order valence-corrected chi connectivity index (χ0v) is 19.8. The summed E-state index contributed by atoms with van der Waals surface area (Å²) in [6.45, 7) is 30.0. The molecule has 1 nitrogen and oxygen atoms in total. The van der Waals surface area contributed by atoms with Crippen molar-refractivity contribution < 1.29 is 17.9 Å². The van der Waals surface area contributed by atoms with E-state index in [1.807, 2.05) is 19.9 Å². The molecule has 0 aromatic heterocycles. The third kappa shape index (κ3) is 9.86. The van der Waals surface area contributed by atoms with Gasteiger partial charge in [-0.05, 0) is 54.1 Å². The fourth-order valence-corrected chi connectivity index (χ4v) is 2.14. The van der Waals surface area contributed by atoms with E-state index in [1.54, 1.807) is 0 Å². The Hall–Kier alpha value is -3.01. The number of allylic oxidation sites excluding steroid dienone is 13. The van der Waals surface area contributed by atoms with Crippen molar-refractivity contribution in [3.63, 3.8) is 0 Å². The highest BCUT2D eigenvalue weighted by Gasteiger charge is 2.15. The molecule has 0 fully saturated rings. The van der Waals surface area contributed by atoms with E-state index in [1.165, 1.54) is 18.2 Å². The third-order valence-corrected chi connectivity index (χ3v) is 4.44. The Bertz CT molecular complexity index is 905. The maximum atomic E-state index is 14.6. The van der Waals surface area contributed by atoms with Crippen molar-refractivity contribution in [2.45, 2.75) is 40.5 Å². The molecule has 0 saturated carbocycles. The van der Waals surface area contributed by atoms with Crippen molar-refractivity contribution in [3.8, 4) is 0 Å². The van der Waals surface area contributed by atoms with Crippen LogP contribution in [0.3, 0.4) is 0 Å². The second-order valence-electron chi connectivity index (χ2n) is 7.77. The zero-order chi connectivity index (χ0) is 25.0. The minimum absolute atomic E-state index is 0.0426. The number of halogens is 3. The summed E-state index contributed by atoms with van der Waals surface area (Å²) in [4.78, 5) is 0. The van der Waals surface area contributed by atoms with Gasteiger partial charge in [-0.25, -0.2) is 8.78 Å². The molecule has 0 atom stereocenters. The van der Waals surface area contributed by atoms with E-state index in [9.17, 15) is 13.2 Å². The van der Waals surface area contributed by atoms with E-state index < -0.39 is 23.2 Å². The highest BCUT2D eigenvalue weighted by atomic mass is 19.2. The summed E-state index contributed by atoms with van der Waals surface area (Å²) in [6.07, 6.45) is 7.55. The summed E-state index contributed by atoms with van der Waals surface area (Å²) < 4.78 is 48.0. The van der Waals surface area contributed by atoms with E-state index >= 15 is 0 Å². The lowest BCUT2D eigenvalue weighted by atomic mass is 10.0. The second-order valence-corrected chi connectivity index (χ2v) is 7.77. The fraction of sp³-hybridized carbons (Fsp3) is 0.286. The van der Waals surface area contributed by atoms with Crippen LogP contribution in [0, 0.1) is 5.92 Å². The molecule has 0 heterocycles. The lowest BCUT2D eigenvalue weighted by Crippen LogP contribution is -1.97. The van der Waals surface area contributed by atoms with Gasteiger partial charge in [-0.1, -0.05) is 78.5 Å². The van der Waals surface area contributed by atoms with Gasteiger partial charge in [0.15, 0.2) is 11.6 Å². The fourth-order valence-electron chi connectivity index (χ4n) is 2.14. The summed E-state index contributed by atoms with van der Waals surface area (Å²) in [7, 11) is 0. The molecule has 0 bridgehead atoms. The van der Waals surface area contributed by atoms with Gasteiger partial charge < -0.3 is 4.74 Å². The molecular formula is C28H35F3O. The van der Waals surface area contributed by atoms with E-state index in [4.69, 9.17) is 4.74 Å². The monoisotopic (exact) mass is 444 g/mol. The first-order chi connectivity index (χ1) is 14.8. The second kappa shape index (κ2) is 14.1. The molecule has 0 saturated heterocycles. The maximum Gasteiger partial charge on any atom is 0.200 e. The Kier molecular flexibility index (Phi) is 12.8. The first-order valence-corrected chi connectivity index (χ1v) is 10.4. The van der Waals surface area contributed by atoms with Crippen molar-refractivity contribution >= 4 is 0 Å². The van der Waals surface area contributed by atoms with Crippen LogP contribution in [0.25, 0.3) is 0 Å². The smallest absolute Gasteiger partial charge is 0.200 e. The topological polar surface area (TPSA) is 9.23 Å². The number of hydrogen-bond donors (Lipinski definition) is 0. The van der Waals surface area contributed by atoms with Gasteiger partial charge in [0.05, 0.1) is 6.61 Å². The van der Waals surface area contributed by atoms with E-state index in [0.29, 0.717) is 17.9 Å². The average Bonchev–Trinajstić information content (AvgIpc) is 2.76. The predicted octanol–water partition coefficient (Wildman–Crippen LogP) is 9.26. The molecule has 4 heteroatoms. The third-order valence-electron chi connectivity index (χ3n) is 4.44. The normalized spacial score (nSPS) is 13.1. The molecule has 0 unspecified atom stereocenters. The zero-order valence-electron chi connectivity index (χ0n) is 19.8. The van der Waals surface area contributed by atoms with Crippen LogP contribution < -0.4 is 0 Å². The van der Waals surface area contributed by atoms with Crippen molar-refractivity contribution in [1.29, 1.82) is 0 Å². The van der Waals surface area contributed by atoms with Crippen LogP contribution in [-0.2, 0) is 4.74 Å². The van der Waals surface area contributed by atoms with Crippen LogP contribution in [0.4, 0.5) is 13.2 Å². The van der Waals surface area contributed by atoms with Gasteiger partial charge in [-0.15, -0.1) is 0 Å². The van der Waals surface area contributed by atoms with Crippen LogP contribution in [0.5, 0.6) is 0 Å². The molecular weight excluding hydrogens is 409 g/mol. The van der Waals surface area contributed by atoms with Crippen molar-refractivity contribution in [2.24, 2.45) is 5.92 Å². The SMILES string of the molecule is C=C(/C=C\C(=C)C(=C)/C(F)=C\C(=C)/C(C)=C/CC(C)C)C(=C)/C(F)=C(/F)C(=C)OCCC. The molecule has 174 valence electrons. The van der Waals surface area contributed by atoms with Gasteiger partial charge in [0.1, 0.15) is 5.83 Å². The van der Waals surface area contributed by atoms with Crippen molar-refractivity contribution in [1.82, 2.24) is 0 Å². The molecule has 0 aliphatic carbocycles. The highest BCUT2D eigenvalue weighted by Crippen LogP contribution is 2.28. The molecule has 0 aliphatic heterocycles. The van der Waals surface area contributed by atoms with Gasteiger partial charge >= 0.3 is 0 Å². The lowest BCUT2D eigenvalue weighted by molar-refractivity contribution is 0.208. The molecule has 0 amide bonds. The Morgan fingerprint density at radius 3 is 1.88 bits per heavy atom. The van der Waals surface area contributed by atoms with Crippen LogP contribution in [0.1, 0.15) is 40.5 Å². The van der Waals surface area contributed by atoms with E-state index in [-0.39, 0.29) is 28.9 Å². The van der Waals surface area contributed by atoms with Crippen LogP contribution in [0.2, 0.25) is 0 Å². The molecule has 0 N–H and O–H groups in total. The molecule has 0 aromatic rings. The Morgan fingerprint density at radius 2 is 1.38 bits per heavy atom. The van der Waals surface area contributed by atoms with E-state index in [0.717, 1.165) is 12.0 Å². The van der Waals surface area contributed by atoms with Crippen LogP contribution in [0.15, 0.2) is 120 Å². The summed E-state index contributed by atoms with van der Waals surface area (Å²) >= 11 is 0. The minimum atomic E-state index is -1.24. The van der Waals surface area contributed by atoms with Gasteiger partial charge in [-0.3, -0.25) is 0 Å². The molecule has 32 heavy (non-hydrogen) atoms. The largest absolute Gasteiger partial charge is 0.491 e. The summed E-state index contributed by atoms with van der Waals surface area (Å²) in [5.41, 5.74) is 1.49. The maximum absolute atomic E-state index is 14.6. The standard InChI is InChI=1S/C28H35F3O/c1-11-16-32-25(10)28(31)27(30)24(9)21(6)15-14-20(5)23(8)26(29)17-22(7)19(4)13-12-18(2)3/h13-15,17-18H,5-12,16H2,1-4H3/b15-14-,19-13+,26-17+,28-27-. The Balaban J connectivity index is 5.25. The van der Waals surface area contributed by atoms with Crippen LogP contribution >= 0.6 is 0 Å². The van der Waals surface area contributed by atoms with Gasteiger partial charge in [-0.2, -0.15) is 4.39 Å². The van der Waals surface area contributed by atoms with Gasteiger partial charge in [0.25, 0.3) is 0 Å². The van der Waals surface area contributed by atoms with E-state index in [2.05, 4.69) is 53.3 Å². The number of rotatable bonds is 14. The minimum Gasteiger partial charge on any atom is -0.491 e. The molecule has 0 spiro atoms. The number of hydrogen-bond acceptors (Lipinski definition) is 1. The average molecular weight is 445 g/mol. The molecule has 0 aromatic carbocycles. The van der Waals surface area contributed by atoms with Crippen LogP contribution in [-0.4, -0.2) is 6.61 Å². The first-order valence-electron chi connectivity index (χ1n) is 10.4. The predicted molar refractivity (Wildman–Crippen MR) is 132 cm³/mol. The lowest BCUT2D eigenvalue weighted by Gasteiger charge is -2.09. The molecule has 0 aliphatic rings. The Morgan fingerprint density at radius 1 is 0.844 bits per heavy atom. The van der Waals surface area contributed by atoms with Crippen molar-refractivity contribution in [3.05, 3.63) is 120 Å². The molecule has 0 rings (SSSR count). The van der Waals surface area contributed by atoms with Gasteiger partial charge in [0.2, 0.25) is 5.83 Å². The summed E-state index contributed by atoms with van der Waals surface area (Å²) in [5.74, 6) is -2.98. The summed E-state index contributed by atoms with van der Waals surface area (Å²) in [6, 6.07) is 0. The Labute approximate surface area is 191 Å². The highest BCUT2D eigenvalue weighted by molar-refractivity contribution is 5.54. The summed E-state index contributed by atoms with van der Waals surface area (Å²) in [5, 5.41) is 0. The number of ether oxygens (including phenoxy) is 1. The van der Waals surface area contributed by atoms with Gasteiger partial charge in [0, 0.05) is 11.1 Å². The first kappa shape index (κ1) is 29.0. The quantitative estimate of drug-likeness (QED) is 0.192. The molecule has 0 radical (unpaired) electrons.